The Bertz CT molecular complexity index is 769. The second-order valence-corrected chi connectivity index (χ2v) is 4.91. The molecule has 0 aromatic carbocycles. The summed E-state index contributed by atoms with van der Waals surface area (Å²) in [5, 5.41) is 5.54. The Labute approximate surface area is 144 Å². The number of amides is 1. The average molecular weight is 347 g/mol. The van der Waals surface area contributed by atoms with Crippen LogP contribution in [-0.4, -0.2) is 41.2 Å². The van der Waals surface area contributed by atoms with E-state index in [2.05, 4.69) is 32.2 Å². The van der Waals surface area contributed by atoms with Gasteiger partial charge in [-0.15, -0.1) is 0 Å². The van der Waals surface area contributed by atoms with Gasteiger partial charge in [-0.3, -0.25) is 9.78 Å². The maximum absolute atomic E-state index is 13.2. The van der Waals surface area contributed by atoms with Crippen molar-refractivity contribution in [2.45, 2.75) is 6.92 Å². The normalized spacial score (nSPS) is 10.2. The summed E-state index contributed by atoms with van der Waals surface area (Å²) in [4.78, 5) is 23.3. The van der Waals surface area contributed by atoms with Gasteiger partial charge in [-0.2, -0.15) is 0 Å². The third-order valence-corrected chi connectivity index (χ3v) is 2.89. The van der Waals surface area contributed by atoms with Crippen LogP contribution in [0.15, 0.2) is 31.2 Å². The van der Waals surface area contributed by atoms with Gasteiger partial charge in [0, 0.05) is 20.1 Å². The van der Waals surface area contributed by atoms with Gasteiger partial charge < -0.3 is 20.1 Å². The van der Waals surface area contributed by atoms with Crippen LogP contribution >= 0.6 is 0 Å². The van der Waals surface area contributed by atoms with Crippen molar-refractivity contribution >= 4 is 29.1 Å². The van der Waals surface area contributed by atoms with E-state index in [-0.39, 0.29) is 17.4 Å². The van der Waals surface area contributed by atoms with E-state index in [0.717, 1.165) is 0 Å². The number of hydrogen-bond acceptors (Lipinski definition) is 7. The van der Waals surface area contributed by atoms with Crippen LogP contribution in [0.2, 0.25) is 0 Å². The van der Waals surface area contributed by atoms with E-state index in [1.54, 1.807) is 13.2 Å². The lowest BCUT2D eigenvalue weighted by Crippen LogP contribution is -2.10. The van der Waals surface area contributed by atoms with Crippen molar-refractivity contribution in [1.82, 2.24) is 15.0 Å². The van der Waals surface area contributed by atoms with Gasteiger partial charge in [-0.25, -0.2) is 14.4 Å². The molecule has 0 saturated carbocycles. The molecule has 0 aliphatic heterocycles. The molecule has 9 heteroatoms. The fourth-order valence-corrected chi connectivity index (χ4v) is 1.83. The highest BCUT2D eigenvalue weighted by Gasteiger charge is 2.10. The number of aromatic nitrogens is 3. The smallest absolute Gasteiger partial charge is 0.222 e. The highest BCUT2D eigenvalue weighted by Crippen LogP contribution is 2.29. The fourth-order valence-electron chi connectivity index (χ4n) is 1.83. The number of carbonyl (C=O) groups excluding carboxylic acids is 1. The van der Waals surface area contributed by atoms with Crippen molar-refractivity contribution in [2.24, 2.45) is 0 Å². The fraction of sp³-hybridized carbons (Fsp3) is 0.250. The standard InChI is InChI=1S/C16H18FN5O3/c1-10(17)13-7-18-9-16(22-13)21-12-6-15(20-11(2)23)19-8-14(12)25-5-4-24-3/h6-9H,1,4-5H2,2-3H3,(H2,19,20,21,22,23). The highest BCUT2D eigenvalue weighted by atomic mass is 19.1. The first-order valence-corrected chi connectivity index (χ1v) is 7.33. The van der Waals surface area contributed by atoms with Gasteiger partial charge in [0.2, 0.25) is 5.91 Å². The monoisotopic (exact) mass is 347 g/mol. The van der Waals surface area contributed by atoms with E-state index in [9.17, 15) is 9.18 Å². The summed E-state index contributed by atoms with van der Waals surface area (Å²) in [6, 6.07) is 1.57. The second-order valence-electron chi connectivity index (χ2n) is 4.91. The molecular weight excluding hydrogens is 329 g/mol. The van der Waals surface area contributed by atoms with Gasteiger partial charge in [-0.1, -0.05) is 6.58 Å². The third kappa shape index (κ3) is 5.50. The molecule has 2 aromatic heterocycles. The van der Waals surface area contributed by atoms with E-state index in [0.29, 0.717) is 30.5 Å². The summed E-state index contributed by atoms with van der Waals surface area (Å²) in [5.41, 5.74) is 0.494. The molecule has 2 rings (SSSR count). The van der Waals surface area contributed by atoms with Crippen molar-refractivity contribution < 1.29 is 18.7 Å². The zero-order chi connectivity index (χ0) is 18.2. The molecule has 0 bridgehead atoms. The van der Waals surface area contributed by atoms with Crippen LogP contribution in [0, 0.1) is 0 Å². The zero-order valence-corrected chi connectivity index (χ0v) is 13.9. The summed E-state index contributed by atoms with van der Waals surface area (Å²) in [5.74, 6) is 0.0711. The number of pyridine rings is 1. The van der Waals surface area contributed by atoms with Gasteiger partial charge in [0.25, 0.3) is 0 Å². The van der Waals surface area contributed by atoms with Crippen LogP contribution in [0.3, 0.4) is 0 Å². The molecule has 8 nitrogen and oxygen atoms in total. The molecule has 0 atom stereocenters. The van der Waals surface area contributed by atoms with E-state index in [1.165, 1.54) is 25.5 Å². The maximum Gasteiger partial charge on any atom is 0.222 e. The quantitative estimate of drug-likeness (QED) is 0.708. The zero-order valence-electron chi connectivity index (χ0n) is 13.9. The first-order chi connectivity index (χ1) is 12.0. The Kier molecular flexibility index (Phi) is 6.35. The number of nitrogens with one attached hydrogen (secondary N) is 2. The molecule has 0 saturated heterocycles. The molecule has 25 heavy (non-hydrogen) atoms. The number of rotatable bonds is 8. The third-order valence-electron chi connectivity index (χ3n) is 2.89. The van der Waals surface area contributed by atoms with E-state index >= 15 is 0 Å². The van der Waals surface area contributed by atoms with Crippen LogP contribution in [0.4, 0.5) is 21.7 Å². The molecule has 1 amide bonds. The summed E-state index contributed by atoms with van der Waals surface area (Å²) in [6.07, 6.45) is 4.14. The number of hydrogen-bond donors (Lipinski definition) is 2. The SMILES string of the molecule is C=C(F)c1cncc(Nc2cc(NC(C)=O)ncc2OCCOC)n1. The van der Waals surface area contributed by atoms with E-state index < -0.39 is 5.83 Å². The van der Waals surface area contributed by atoms with E-state index in [4.69, 9.17) is 9.47 Å². The predicted molar refractivity (Wildman–Crippen MR) is 91.4 cm³/mol. The van der Waals surface area contributed by atoms with Gasteiger partial charge in [0.1, 0.15) is 29.8 Å². The van der Waals surface area contributed by atoms with Crippen molar-refractivity contribution in [1.29, 1.82) is 0 Å². The summed E-state index contributed by atoms with van der Waals surface area (Å²) in [6.45, 7) is 5.27. The van der Waals surface area contributed by atoms with Crippen molar-refractivity contribution in [3.05, 3.63) is 36.9 Å². The molecule has 2 N–H and O–H groups in total. The molecule has 0 radical (unpaired) electrons. The van der Waals surface area contributed by atoms with Crippen LogP contribution in [0.25, 0.3) is 5.83 Å². The Morgan fingerprint density at radius 2 is 2.08 bits per heavy atom. The minimum Gasteiger partial charge on any atom is -0.487 e. The molecule has 0 fully saturated rings. The minimum atomic E-state index is -0.693. The number of nitrogens with zero attached hydrogens (tertiary/aromatic N) is 3. The number of anilines is 3. The molecular formula is C16H18FN5O3. The topological polar surface area (TPSA) is 98.3 Å². The van der Waals surface area contributed by atoms with Crippen molar-refractivity contribution in [3.63, 3.8) is 0 Å². The Morgan fingerprint density at radius 3 is 2.76 bits per heavy atom. The van der Waals surface area contributed by atoms with Crippen molar-refractivity contribution in [3.8, 4) is 5.75 Å². The number of carbonyl (C=O) groups is 1. The lowest BCUT2D eigenvalue weighted by Gasteiger charge is -2.14. The lowest BCUT2D eigenvalue weighted by molar-refractivity contribution is -0.114. The number of halogens is 1. The molecule has 2 heterocycles. The van der Waals surface area contributed by atoms with Crippen LogP contribution in [0.1, 0.15) is 12.6 Å². The first-order valence-electron chi connectivity index (χ1n) is 7.33. The van der Waals surface area contributed by atoms with Gasteiger partial charge in [0.15, 0.2) is 5.75 Å². The van der Waals surface area contributed by atoms with Crippen LogP contribution < -0.4 is 15.4 Å². The molecule has 0 aliphatic carbocycles. The first kappa shape index (κ1) is 18.3. The summed E-state index contributed by atoms with van der Waals surface area (Å²) in [7, 11) is 1.56. The number of ether oxygens (including phenoxy) is 2. The van der Waals surface area contributed by atoms with Gasteiger partial charge >= 0.3 is 0 Å². The van der Waals surface area contributed by atoms with Crippen LogP contribution in [0.5, 0.6) is 5.75 Å². The Hall–Kier alpha value is -3.07. The highest BCUT2D eigenvalue weighted by molar-refractivity contribution is 5.88. The second kappa shape index (κ2) is 8.69. The Balaban J connectivity index is 2.29. The molecule has 132 valence electrons. The van der Waals surface area contributed by atoms with E-state index in [1.807, 2.05) is 0 Å². The van der Waals surface area contributed by atoms with Gasteiger partial charge in [-0.05, 0) is 0 Å². The van der Waals surface area contributed by atoms with Crippen LogP contribution in [-0.2, 0) is 9.53 Å². The maximum atomic E-state index is 13.2. The van der Waals surface area contributed by atoms with Crippen molar-refractivity contribution in [2.75, 3.05) is 31.0 Å². The molecule has 2 aromatic rings. The minimum absolute atomic E-state index is 0.0167. The summed E-state index contributed by atoms with van der Waals surface area (Å²) >= 11 is 0. The van der Waals surface area contributed by atoms with Gasteiger partial charge in [0.05, 0.1) is 30.9 Å². The number of methoxy groups -OCH3 is 1. The summed E-state index contributed by atoms with van der Waals surface area (Å²) < 4.78 is 23.8. The largest absolute Gasteiger partial charge is 0.487 e. The Morgan fingerprint density at radius 1 is 1.28 bits per heavy atom. The average Bonchev–Trinajstić information content (AvgIpc) is 2.56. The molecule has 0 aliphatic rings. The molecule has 0 unspecified atom stereocenters. The molecule has 0 spiro atoms. The predicted octanol–water partition coefficient (Wildman–Crippen LogP) is 2.54. The lowest BCUT2D eigenvalue weighted by atomic mass is 10.3.